The summed E-state index contributed by atoms with van der Waals surface area (Å²) < 4.78 is 28.0. The van der Waals surface area contributed by atoms with E-state index in [1.807, 2.05) is 17.8 Å². The van der Waals surface area contributed by atoms with Crippen LogP contribution >= 0.6 is 11.8 Å². The van der Waals surface area contributed by atoms with E-state index in [0.29, 0.717) is 11.4 Å². The Labute approximate surface area is 144 Å². The number of likely N-dealkylation sites (tertiary alicyclic amines) is 1. The van der Waals surface area contributed by atoms with Crippen LogP contribution in [0.4, 0.5) is 0 Å². The van der Waals surface area contributed by atoms with Crippen molar-refractivity contribution in [2.45, 2.75) is 36.6 Å². The lowest BCUT2D eigenvalue weighted by Crippen LogP contribution is -2.49. The van der Waals surface area contributed by atoms with Crippen molar-refractivity contribution < 1.29 is 8.42 Å². The minimum atomic E-state index is -3.39. The van der Waals surface area contributed by atoms with E-state index in [9.17, 15) is 8.42 Å². The Morgan fingerprint density at radius 3 is 2.48 bits per heavy atom. The van der Waals surface area contributed by atoms with Gasteiger partial charge in [-0.15, -0.1) is 0 Å². The molecule has 0 N–H and O–H groups in total. The molecule has 1 aromatic carbocycles. The van der Waals surface area contributed by atoms with Crippen LogP contribution < -0.4 is 0 Å². The highest BCUT2D eigenvalue weighted by atomic mass is 32.2. The molecule has 0 aliphatic carbocycles. The quantitative estimate of drug-likeness (QED) is 0.833. The lowest BCUT2D eigenvalue weighted by Gasteiger charge is -2.35. The first-order valence-corrected chi connectivity index (χ1v) is 11.1. The largest absolute Gasteiger partial charge is 0.302 e. The second kappa shape index (κ2) is 8.01. The lowest BCUT2D eigenvalue weighted by molar-refractivity contribution is 0.183. The molecule has 2 saturated heterocycles. The summed E-state index contributed by atoms with van der Waals surface area (Å²) in [6.07, 6.45) is 4.73. The van der Waals surface area contributed by atoms with Gasteiger partial charge in [-0.05, 0) is 50.2 Å². The Morgan fingerprint density at radius 1 is 1.00 bits per heavy atom. The third kappa shape index (κ3) is 4.29. The van der Waals surface area contributed by atoms with Crippen LogP contribution in [0.25, 0.3) is 0 Å². The van der Waals surface area contributed by atoms with Crippen LogP contribution in [0.3, 0.4) is 0 Å². The maximum Gasteiger partial charge on any atom is 0.243 e. The van der Waals surface area contributed by atoms with Gasteiger partial charge in [0, 0.05) is 24.9 Å². The van der Waals surface area contributed by atoms with Crippen molar-refractivity contribution in [3.63, 3.8) is 0 Å². The average molecular weight is 355 g/mol. The highest BCUT2D eigenvalue weighted by Gasteiger charge is 2.33. The predicted octanol–water partition coefficient (Wildman–Crippen LogP) is 2.67. The molecule has 0 spiro atoms. The summed E-state index contributed by atoms with van der Waals surface area (Å²) in [5, 5.41) is 0. The second-order valence-corrected chi connectivity index (χ2v) is 9.41. The third-order valence-corrected chi connectivity index (χ3v) is 7.82. The summed E-state index contributed by atoms with van der Waals surface area (Å²) in [5.41, 5.74) is 0. The predicted molar refractivity (Wildman–Crippen MR) is 96.4 cm³/mol. The van der Waals surface area contributed by atoms with E-state index in [1.165, 1.54) is 19.3 Å². The molecule has 1 unspecified atom stereocenters. The van der Waals surface area contributed by atoms with Gasteiger partial charge < -0.3 is 4.90 Å². The smallest absolute Gasteiger partial charge is 0.243 e. The van der Waals surface area contributed by atoms with Crippen molar-refractivity contribution in [1.29, 1.82) is 0 Å². The Bertz CT molecular complexity index is 586. The monoisotopic (exact) mass is 354 g/mol. The van der Waals surface area contributed by atoms with Crippen LogP contribution in [0, 0.1) is 0 Å². The molecule has 0 radical (unpaired) electrons. The molecule has 0 amide bonds. The first-order valence-electron chi connectivity index (χ1n) is 8.55. The first kappa shape index (κ1) is 17.3. The average Bonchev–Trinajstić information content (AvgIpc) is 2.82. The summed E-state index contributed by atoms with van der Waals surface area (Å²) >= 11 is 1.89. The van der Waals surface area contributed by atoms with Gasteiger partial charge in [0.1, 0.15) is 0 Å². The standard InChI is InChI=1S/C17H26N2O2S2/c20-23(21,17-8-3-1-4-9-17)19-12-7-13-22-15-16(19)14-18-10-5-2-6-11-18/h1,3-4,8-9,16H,2,5-7,10-15H2. The van der Waals surface area contributed by atoms with Crippen molar-refractivity contribution in [1.82, 2.24) is 9.21 Å². The van der Waals surface area contributed by atoms with Crippen molar-refractivity contribution in [3.8, 4) is 0 Å². The van der Waals surface area contributed by atoms with Crippen LogP contribution in [-0.2, 0) is 10.0 Å². The van der Waals surface area contributed by atoms with Crippen molar-refractivity contribution >= 4 is 21.8 Å². The minimum absolute atomic E-state index is 0.0887. The Balaban J connectivity index is 1.80. The minimum Gasteiger partial charge on any atom is -0.302 e. The van der Waals surface area contributed by atoms with Crippen LogP contribution in [0.2, 0.25) is 0 Å². The van der Waals surface area contributed by atoms with Gasteiger partial charge in [-0.3, -0.25) is 0 Å². The molecule has 2 aliphatic rings. The number of hydrogen-bond acceptors (Lipinski definition) is 4. The van der Waals surface area contributed by atoms with E-state index in [0.717, 1.165) is 37.6 Å². The summed E-state index contributed by atoms with van der Waals surface area (Å²) in [7, 11) is -3.39. The molecule has 2 heterocycles. The van der Waals surface area contributed by atoms with Gasteiger partial charge in [0.25, 0.3) is 0 Å². The molecule has 23 heavy (non-hydrogen) atoms. The summed E-state index contributed by atoms with van der Waals surface area (Å²) in [6, 6.07) is 8.99. The summed E-state index contributed by atoms with van der Waals surface area (Å²) in [5.74, 6) is 1.96. The van der Waals surface area contributed by atoms with Gasteiger partial charge in [-0.1, -0.05) is 24.6 Å². The summed E-state index contributed by atoms with van der Waals surface area (Å²) in [4.78, 5) is 2.88. The van der Waals surface area contributed by atoms with Gasteiger partial charge in [0.05, 0.1) is 4.90 Å². The molecule has 2 fully saturated rings. The molecular formula is C17H26N2O2S2. The molecule has 4 nitrogen and oxygen atoms in total. The molecule has 0 aromatic heterocycles. The van der Waals surface area contributed by atoms with Crippen LogP contribution in [0.15, 0.2) is 35.2 Å². The molecule has 1 aromatic rings. The zero-order chi connectivity index (χ0) is 16.1. The first-order chi connectivity index (χ1) is 11.2. The zero-order valence-corrected chi connectivity index (χ0v) is 15.2. The van der Waals surface area contributed by atoms with Gasteiger partial charge in [-0.25, -0.2) is 8.42 Å². The van der Waals surface area contributed by atoms with Crippen LogP contribution in [0.5, 0.6) is 0 Å². The molecule has 6 heteroatoms. The van der Waals surface area contributed by atoms with Crippen molar-refractivity contribution in [2.24, 2.45) is 0 Å². The molecular weight excluding hydrogens is 328 g/mol. The number of thioether (sulfide) groups is 1. The van der Waals surface area contributed by atoms with Gasteiger partial charge in [0.2, 0.25) is 10.0 Å². The number of piperidine rings is 1. The lowest BCUT2D eigenvalue weighted by atomic mass is 10.1. The highest BCUT2D eigenvalue weighted by Crippen LogP contribution is 2.25. The SMILES string of the molecule is O=S(=O)(c1ccccc1)N1CCCSCC1CN1CCCCC1. The van der Waals surface area contributed by atoms with Crippen molar-refractivity contribution in [2.75, 3.05) is 37.7 Å². The normalized spacial score (nSPS) is 25.1. The van der Waals surface area contributed by atoms with Crippen LogP contribution in [0.1, 0.15) is 25.7 Å². The fourth-order valence-electron chi connectivity index (χ4n) is 3.44. The number of sulfonamides is 1. The topological polar surface area (TPSA) is 40.6 Å². The van der Waals surface area contributed by atoms with Crippen LogP contribution in [-0.4, -0.2) is 61.3 Å². The third-order valence-electron chi connectivity index (χ3n) is 4.65. The van der Waals surface area contributed by atoms with E-state index in [-0.39, 0.29) is 6.04 Å². The molecule has 0 bridgehead atoms. The Morgan fingerprint density at radius 2 is 1.74 bits per heavy atom. The van der Waals surface area contributed by atoms with E-state index in [4.69, 9.17) is 0 Å². The van der Waals surface area contributed by atoms with Crippen molar-refractivity contribution in [3.05, 3.63) is 30.3 Å². The van der Waals surface area contributed by atoms with E-state index in [2.05, 4.69) is 4.90 Å². The maximum absolute atomic E-state index is 13.1. The Kier molecular flexibility index (Phi) is 6.01. The fraction of sp³-hybridized carbons (Fsp3) is 0.647. The second-order valence-electron chi connectivity index (χ2n) is 6.37. The van der Waals surface area contributed by atoms with Gasteiger partial charge >= 0.3 is 0 Å². The number of nitrogens with zero attached hydrogens (tertiary/aromatic N) is 2. The van der Waals surface area contributed by atoms with E-state index >= 15 is 0 Å². The number of rotatable bonds is 4. The van der Waals surface area contributed by atoms with Gasteiger partial charge in [-0.2, -0.15) is 16.1 Å². The maximum atomic E-state index is 13.1. The van der Waals surface area contributed by atoms with E-state index < -0.39 is 10.0 Å². The molecule has 3 rings (SSSR count). The number of benzene rings is 1. The van der Waals surface area contributed by atoms with Gasteiger partial charge in [0.15, 0.2) is 0 Å². The zero-order valence-electron chi connectivity index (χ0n) is 13.6. The number of hydrogen-bond donors (Lipinski definition) is 0. The highest BCUT2D eigenvalue weighted by molar-refractivity contribution is 7.99. The Hall–Kier alpha value is -0.560. The summed E-state index contributed by atoms with van der Waals surface area (Å²) in [6.45, 7) is 3.74. The molecule has 1 atom stereocenters. The van der Waals surface area contributed by atoms with E-state index in [1.54, 1.807) is 28.6 Å². The molecule has 128 valence electrons. The molecule has 0 saturated carbocycles. The molecule has 2 aliphatic heterocycles. The fourth-order valence-corrected chi connectivity index (χ4v) is 6.26.